The first-order chi connectivity index (χ1) is 12.5. The monoisotopic (exact) mass is 432 g/mol. The number of hydrogen-bond acceptors (Lipinski definition) is 3. The molecule has 0 bridgehead atoms. The second-order valence-electron chi connectivity index (χ2n) is 8.70. The van der Waals surface area contributed by atoms with Gasteiger partial charge in [0.25, 0.3) is 0 Å². The molecule has 3 rings (SSSR count). The van der Waals surface area contributed by atoms with Crippen LogP contribution in [0.5, 0.6) is 0 Å². The van der Waals surface area contributed by atoms with Gasteiger partial charge < -0.3 is 4.74 Å². The predicted molar refractivity (Wildman–Crippen MR) is 115 cm³/mol. The maximum Gasteiger partial charge on any atom is 0.419 e. The van der Waals surface area contributed by atoms with Gasteiger partial charge in [-0.05, 0) is 77.8 Å². The molecule has 0 aliphatic carbocycles. The third-order valence-corrected chi connectivity index (χ3v) is 5.61. The standard InChI is InChI=1S/C22H29BrN2O2/c1-14-7-8-17(24(6)12-14)11-16-13-25(21(26)27-22(3,4)5)19-10-15(2)9-18(23)20(16)19/h7,9-10,13,17H,8,11-12H2,1-6H3/t17-/m0/s1. The first kappa shape index (κ1) is 20.2. The molecule has 5 heteroatoms. The summed E-state index contributed by atoms with van der Waals surface area (Å²) in [5.41, 5.74) is 4.07. The average molecular weight is 433 g/mol. The van der Waals surface area contributed by atoms with Crippen LogP contribution in [-0.2, 0) is 11.2 Å². The van der Waals surface area contributed by atoms with Crippen LogP contribution in [0.1, 0.15) is 45.2 Å². The molecule has 1 atom stereocenters. The second-order valence-corrected chi connectivity index (χ2v) is 9.56. The highest BCUT2D eigenvalue weighted by atomic mass is 79.9. The molecule has 0 fully saturated rings. The summed E-state index contributed by atoms with van der Waals surface area (Å²) in [5, 5.41) is 1.10. The highest BCUT2D eigenvalue weighted by Gasteiger charge is 2.25. The first-order valence-electron chi connectivity index (χ1n) is 9.44. The minimum atomic E-state index is -0.527. The van der Waals surface area contributed by atoms with Crippen molar-refractivity contribution in [3.8, 4) is 0 Å². The number of carbonyl (C=O) groups is 1. The number of rotatable bonds is 2. The van der Waals surface area contributed by atoms with Crippen molar-refractivity contribution in [3.05, 3.63) is 45.6 Å². The van der Waals surface area contributed by atoms with Gasteiger partial charge in [-0.2, -0.15) is 0 Å². The zero-order valence-corrected chi connectivity index (χ0v) is 18.7. The van der Waals surface area contributed by atoms with E-state index in [1.807, 2.05) is 33.9 Å². The largest absolute Gasteiger partial charge is 0.443 e. The van der Waals surface area contributed by atoms with Crippen molar-refractivity contribution in [1.29, 1.82) is 0 Å². The molecule has 0 spiro atoms. The van der Waals surface area contributed by atoms with Crippen LogP contribution in [0, 0.1) is 6.92 Å². The van der Waals surface area contributed by atoms with Gasteiger partial charge >= 0.3 is 6.09 Å². The molecule has 0 saturated carbocycles. The number of halogens is 1. The number of fused-ring (bicyclic) bond motifs is 1. The SMILES string of the molecule is CC1=CC[C@@H](Cc2cn(C(=O)OC(C)(C)C)c3cc(C)cc(Br)c23)N(C)C1. The average Bonchev–Trinajstić information content (AvgIpc) is 2.87. The Labute approximate surface area is 170 Å². The fourth-order valence-electron chi connectivity index (χ4n) is 3.74. The molecule has 146 valence electrons. The maximum absolute atomic E-state index is 12.8. The van der Waals surface area contributed by atoms with Gasteiger partial charge in [-0.1, -0.05) is 27.6 Å². The van der Waals surface area contributed by atoms with Crippen molar-refractivity contribution >= 4 is 32.9 Å². The molecule has 0 N–H and O–H groups in total. The van der Waals surface area contributed by atoms with E-state index in [0.29, 0.717) is 6.04 Å². The molecule has 1 aliphatic rings. The van der Waals surface area contributed by atoms with Crippen LogP contribution in [0.25, 0.3) is 10.9 Å². The summed E-state index contributed by atoms with van der Waals surface area (Å²) in [7, 11) is 2.17. The number of nitrogens with zero attached hydrogens (tertiary/aromatic N) is 2. The van der Waals surface area contributed by atoms with Crippen molar-refractivity contribution in [2.24, 2.45) is 0 Å². The van der Waals surface area contributed by atoms with Gasteiger partial charge in [-0.25, -0.2) is 4.79 Å². The quantitative estimate of drug-likeness (QED) is 0.571. The van der Waals surface area contributed by atoms with Gasteiger partial charge in [0.15, 0.2) is 0 Å². The molecular weight excluding hydrogens is 404 g/mol. The van der Waals surface area contributed by atoms with Gasteiger partial charge in [-0.3, -0.25) is 9.47 Å². The third kappa shape index (κ3) is 4.46. The minimum absolute atomic E-state index is 0.330. The van der Waals surface area contributed by atoms with Crippen LogP contribution in [-0.4, -0.2) is 40.8 Å². The van der Waals surface area contributed by atoms with Crippen LogP contribution in [0.4, 0.5) is 4.79 Å². The predicted octanol–water partition coefficient (Wildman–Crippen LogP) is 5.69. The summed E-state index contributed by atoms with van der Waals surface area (Å²) in [6.45, 7) is 10.9. The molecule has 2 heterocycles. The van der Waals surface area contributed by atoms with E-state index in [4.69, 9.17) is 4.74 Å². The van der Waals surface area contributed by atoms with Crippen molar-refractivity contribution < 1.29 is 9.53 Å². The highest BCUT2D eigenvalue weighted by molar-refractivity contribution is 9.10. The molecule has 1 aromatic heterocycles. The lowest BCUT2D eigenvalue weighted by Crippen LogP contribution is -2.37. The molecule has 1 aliphatic heterocycles. The Morgan fingerprint density at radius 2 is 2.00 bits per heavy atom. The van der Waals surface area contributed by atoms with E-state index in [-0.39, 0.29) is 6.09 Å². The summed E-state index contributed by atoms with van der Waals surface area (Å²) in [4.78, 5) is 15.2. The molecule has 4 nitrogen and oxygen atoms in total. The Morgan fingerprint density at radius 1 is 1.30 bits per heavy atom. The second kappa shape index (κ2) is 7.44. The molecule has 0 unspecified atom stereocenters. The van der Waals surface area contributed by atoms with E-state index in [1.54, 1.807) is 4.57 Å². The minimum Gasteiger partial charge on any atom is -0.443 e. The van der Waals surface area contributed by atoms with Crippen molar-refractivity contribution in [2.45, 2.75) is 59.1 Å². The van der Waals surface area contributed by atoms with Crippen LogP contribution in [0.2, 0.25) is 0 Å². The smallest absolute Gasteiger partial charge is 0.419 e. The number of ether oxygens (including phenoxy) is 1. The zero-order chi connectivity index (χ0) is 19.9. The maximum atomic E-state index is 12.8. The van der Waals surface area contributed by atoms with Gasteiger partial charge in [0.05, 0.1) is 5.52 Å². The Morgan fingerprint density at radius 3 is 2.63 bits per heavy atom. The topological polar surface area (TPSA) is 34.5 Å². The summed E-state index contributed by atoms with van der Waals surface area (Å²) in [6.07, 6.45) is 5.89. The Bertz CT molecular complexity index is 905. The number of aryl methyl sites for hydroxylation is 1. The van der Waals surface area contributed by atoms with Crippen LogP contribution in [0.15, 0.2) is 34.5 Å². The number of likely N-dealkylation sites (N-methyl/N-ethyl adjacent to an activating group) is 1. The Hall–Kier alpha value is -1.59. The first-order valence-corrected chi connectivity index (χ1v) is 10.2. The molecular formula is C22H29BrN2O2. The number of carbonyl (C=O) groups excluding carboxylic acids is 1. The van der Waals surface area contributed by atoms with Crippen molar-refractivity contribution in [1.82, 2.24) is 9.47 Å². The Balaban J connectivity index is 2.04. The lowest BCUT2D eigenvalue weighted by Gasteiger charge is -2.31. The number of hydrogen-bond donors (Lipinski definition) is 0. The summed E-state index contributed by atoms with van der Waals surface area (Å²) < 4.78 is 8.33. The van der Waals surface area contributed by atoms with Crippen LogP contribution >= 0.6 is 15.9 Å². The number of benzene rings is 1. The number of aromatic nitrogens is 1. The van der Waals surface area contributed by atoms with E-state index in [0.717, 1.165) is 40.3 Å². The summed E-state index contributed by atoms with van der Waals surface area (Å²) >= 11 is 3.72. The van der Waals surface area contributed by atoms with Gasteiger partial charge in [0.2, 0.25) is 0 Å². The molecule has 27 heavy (non-hydrogen) atoms. The van der Waals surface area contributed by atoms with Gasteiger partial charge in [0.1, 0.15) is 5.60 Å². The third-order valence-electron chi connectivity index (χ3n) is 4.99. The fourth-order valence-corrected chi connectivity index (χ4v) is 4.55. The van der Waals surface area contributed by atoms with E-state index in [2.05, 4.69) is 53.0 Å². The molecule has 0 amide bonds. The van der Waals surface area contributed by atoms with E-state index in [9.17, 15) is 4.79 Å². The van der Waals surface area contributed by atoms with Crippen molar-refractivity contribution in [2.75, 3.05) is 13.6 Å². The van der Waals surface area contributed by atoms with Crippen molar-refractivity contribution in [3.63, 3.8) is 0 Å². The Kier molecular flexibility index (Phi) is 5.55. The zero-order valence-electron chi connectivity index (χ0n) is 17.1. The van der Waals surface area contributed by atoms with E-state index < -0.39 is 5.60 Å². The molecule has 0 radical (unpaired) electrons. The molecule has 2 aromatic rings. The summed E-state index contributed by atoms with van der Waals surface area (Å²) in [6, 6.07) is 4.60. The van der Waals surface area contributed by atoms with Crippen LogP contribution in [0.3, 0.4) is 0 Å². The van der Waals surface area contributed by atoms with Gasteiger partial charge in [0, 0.05) is 28.6 Å². The van der Waals surface area contributed by atoms with E-state index in [1.165, 1.54) is 11.1 Å². The van der Waals surface area contributed by atoms with E-state index >= 15 is 0 Å². The van der Waals surface area contributed by atoms with Gasteiger partial charge in [-0.15, -0.1) is 0 Å². The summed E-state index contributed by atoms with van der Waals surface area (Å²) in [5.74, 6) is 0. The van der Waals surface area contributed by atoms with Crippen LogP contribution < -0.4 is 0 Å². The molecule has 1 aromatic carbocycles. The lowest BCUT2D eigenvalue weighted by atomic mass is 9.97. The highest BCUT2D eigenvalue weighted by Crippen LogP contribution is 2.33. The molecule has 0 saturated heterocycles. The normalized spacial score (nSPS) is 18.6. The lowest BCUT2D eigenvalue weighted by molar-refractivity contribution is 0.0544. The fraction of sp³-hybridized carbons (Fsp3) is 0.500.